The second-order valence-electron chi connectivity index (χ2n) is 10.1. The topological polar surface area (TPSA) is 125 Å². The van der Waals surface area contributed by atoms with Gasteiger partial charge in [-0.1, -0.05) is 26.7 Å². The molecule has 0 aliphatic carbocycles. The average Bonchev–Trinajstić information content (AvgIpc) is 2.88. The zero-order valence-electron chi connectivity index (χ0n) is 23.4. The fourth-order valence-corrected chi connectivity index (χ4v) is 3.64. The lowest BCUT2D eigenvalue weighted by Crippen LogP contribution is -2.43. The molecule has 0 aliphatic heterocycles. The van der Waals surface area contributed by atoms with Gasteiger partial charge in [0.2, 0.25) is 5.79 Å². The standard InChI is InChI=1S/C30H38O9/c1-7-9-19-36-30(5,6)39-28(35)23-17-15-21(16-18-23)26(33)37-24(10-8-2)29(3,4)38-27(34)22-13-11-20(12-14-22)25(31)32/h11-18,24H,7-10,19H2,1-6H3,(H,31,32). The minimum atomic E-state index is -1.18. The number of benzene rings is 2. The van der Waals surface area contributed by atoms with E-state index in [4.69, 9.17) is 24.1 Å². The van der Waals surface area contributed by atoms with E-state index in [1.54, 1.807) is 27.7 Å². The minimum Gasteiger partial charge on any atom is -0.478 e. The van der Waals surface area contributed by atoms with E-state index >= 15 is 0 Å². The van der Waals surface area contributed by atoms with Crippen LogP contribution < -0.4 is 0 Å². The lowest BCUT2D eigenvalue weighted by atomic mass is 9.96. The van der Waals surface area contributed by atoms with Crippen molar-refractivity contribution in [1.82, 2.24) is 0 Å². The molecule has 212 valence electrons. The van der Waals surface area contributed by atoms with Crippen LogP contribution in [0, 0.1) is 0 Å². The third-order valence-corrected chi connectivity index (χ3v) is 5.94. The van der Waals surface area contributed by atoms with Gasteiger partial charge in [0.05, 0.1) is 28.9 Å². The third kappa shape index (κ3) is 9.51. The maximum absolute atomic E-state index is 12.9. The summed E-state index contributed by atoms with van der Waals surface area (Å²) < 4.78 is 22.5. The van der Waals surface area contributed by atoms with Crippen molar-refractivity contribution in [3.05, 3.63) is 70.8 Å². The molecule has 0 radical (unpaired) electrons. The summed E-state index contributed by atoms with van der Waals surface area (Å²) in [6, 6.07) is 11.3. The first-order valence-electron chi connectivity index (χ1n) is 13.0. The SMILES string of the molecule is CCCCOC(C)(C)OC(=O)c1ccc(C(=O)OC(CCC)C(C)(C)OC(=O)c2ccc(C(=O)O)cc2)cc1. The Kier molecular flexibility index (Phi) is 11.2. The van der Waals surface area contributed by atoms with E-state index in [2.05, 4.69) is 0 Å². The molecule has 2 rings (SSSR count). The van der Waals surface area contributed by atoms with Crippen LogP contribution in [0.25, 0.3) is 0 Å². The van der Waals surface area contributed by atoms with Crippen LogP contribution in [0.15, 0.2) is 48.5 Å². The highest BCUT2D eigenvalue weighted by atomic mass is 16.7. The second kappa shape index (κ2) is 13.9. The number of esters is 3. The third-order valence-electron chi connectivity index (χ3n) is 5.94. The van der Waals surface area contributed by atoms with E-state index in [1.807, 2.05) is 13.8 Å². The van der Waals surface area contributed by atoms with E-state index in [0.29, 0.717) is 19.4 Å². The summed E-state index contributed by atoms with van der Waals surface area (Å²) in [6.07, 6.45) is 2.15. The van der Waals surface area contributed by atoms with Crippen molar-refractivity contribution >= 4 is 23.9 Å². The van der Waals surface area contributed by atoms with Crippen LogP contribution in [-0.4, -0.2) is 53.1 Å². The molecule has 0 spiro atoms. The van der Waals surface area contributed by atoms with Crippen molar-refractivity contribution < 1.29 is 43.2 Å². The summed E-state index contributed by atoms with van der Waals surface area (Å²) in [4.78, 5) is 49.2. The van der Waals surface area contributed by atoms with Crippen LogP contribution in [0.1, 0.15) is 109 Å². The number of carboxylic acid groups (broad SMARTS) is 1. The molecule has 1 N–H and O–H groups in total. The Morgan fingerprint density at radius 2 is 1.18 bits per heavy atom. The second-order valence-corrected chi connectivity index (χ2v) is 10.1. The van der Waals surface area contributed by atoms with Gasteiger partial charge in [0.1, 0.15) is 11.7 Å². The van der Waals surface area contributed by atoms with Crippen LogP contribution in [0.3, 0.4) is 0 Å². The van der Waals surface area contributed by atoms with E-state index in [9.17, 15) is 19.2 Å². The molecule has 2 aromatic rings. The number of unbranched alkanes of at least 4 members (excludes halogenated alkanes) is 1. The van der Waals surface area contributed by atoms with Crippen molar-refractivity contribution in [3.8, 4) is 0 Å². The largest absolute Gasteiger partial charge is 0.478 e. The highest BCUT2D eigenvalue weighted by Crippen LogP contribution is 2.25. The van der Waals surface area contributed by atoms with Gasteiger partial charge in [0.15, 0.2) is 0 Å². The normalized spacial score (nSPS) is 12.4. The molecule has 0 fully saturated rings. The van der Waals surface area contributed by atoms with Crippen molar-refractivity contribution in [3.63, 3.8) is 0 Å². The Bertz CT molecular complexity index is 1130. The number of carbonyl (C=O) groups is 4. The first-order chi connectivity index (χ1) is 18.3. The van der Waals surface area contributed by atoms with E-state index in [-0.39, 0.29) is 22.3 Å². The molecule has 0 saturated heterocycles. The maximum atomic E-state index is 12.9. The molecule has 0 amide bonds. The Hall–Kier alpha value is -3.72. The summed E-state index contributed by atoms with van der Waals surface area (Å²) in [6.45, 7) is 11.1. The Morgan fingerprint density at radius 3 is 1.64 bits per heavy atom. The number of ether oxygens (including phenoxy) is 4. The van der Waals surface area contributed by atoms with Crippen LogP contribution in [-0.2, 0) is 18.9 Å². The van der Waals surface area contributed by atoms with Gasteiger partial charge in [-0.25, -0.2) is 19.2 Å². The predicted octanol–water partition coefficient (Wildman–Crippen LogP) is 6.06. The molecule has 0 saturated carbocycles. The first kappa shape index (κ1) is 31.5. The molecule has 9 heteroatoms. The van der Waals surface area contributed by atoms with E-state index < -0.39 is 41.4 Å². The highest BCUT2D eigenvalue weighted by molar-refractivity contribution is 5.94. The molecule has 2 aromatic carbocycles. The Labute approximate surface area is 229 Å². The molecular weight excluding hydrogens is 504 g/mol. The van der Waals surface area contributed by atoms with Gasteiger partial charge >= 0.3 is 23.9 Å². The fourth-order valence-electron chi connectivity index (χ4n) is 3.64. The molecule has 0 aliphatic rings. The highest BCUT2D eigenvalue weighted by Gasteiger charge is 2.36. The van der Waals surface area contributed by atoms with Gasteiger partial charge in [-0.05, 0) is 75.2 Å². The van der Waals surface area contributed by atoms with Crippen LogP contribution in [0.4, 0.5) is 0 Å². The van der Waals surface area contributed by atoms with Gasteiger partial charge in [0, 0.05) is 13.8 Å². The summed E-state index contributed by atoms with van der Waals surface area (Å²) in [5, 5.41) is 9.04. The van der Waals surface area contributed by atoms with E-state index in [1.165, 1.54) is 48.5 Å². The predicted molar refractivity (Wildman–Crippen MR) is 144 cm³/mol. The number of hydrogen-bond donors (Lipinski definition) is 1. The van der Waals surface area contributed by atoms with E-state index in [0.717, 1.165) is 12.8 Å². The fraction of sp³-hybridized carbons (Fsp3) is 0.467. The number of hydrogen-bond acceptors (Lipinski definition) is 8. The van der Waals surface area contributed by atoms with Gasteiger partial charge in [-0.2, -0.15) is 0 Å². The van der Waals surface area contributed by atoms with Gasteiger partial charge < -0.3 is 24.1 Å². The molecular formula is C30H38O9. The Morgan fingerprint density at radius 1 is 0.718 bits per heavy atom. The number of aromatic carboxylic acids is 1. The molecule has 9 nitrogen and oxygen atoms in total. The van der Waals surface area contributed by atoms with Gasteiger partial charge in [-0.3, -0.25) is 0 Å². The van der Waals surface area contributed by atoms with Crippen molar-refractivity contribution in [2.45, 2.75) is 84.7 Å². The lowest BCUT2D eigenvalue weighted by Gasteiger charge is -2.33. The van der Waals surface area contributed by atoms with Crippen molar-refractivity contribution in [2.75, 3.05) is 6.61 Å². The van der Waals surface area contributed by atoms with Gasteiger partial charge in [0.25, 0.3) is 0 Å². The van der Waals surface area contributed by atoms with Crippen LogP contribution in [0.5, 0.6) is 0 Å². The van der Waals surface area contributed by atoms with Crippen molar-refractivity contribution in [1.29, 1.82) is 0 Å². The quantitative estimate of drug-likeness (QED) is 0.131. The zero-order valence-corrected chi connectivity index (χ0v) is 23.4. The van der Waals surface area contributed by atoms with Crippen LogP contribution in [0.2, 0.25) is 0 Å². The van der Waals surface area contributed by atoms with Gasteiger partial charge in [-0.15, -0.1) is 0 Å². The minimum absolute atomic E-state index is 0.0481. The Balaban J connectivity index is 2.06. The molecule has 0 bridgehead atoms. The van der Waals surface area contributed by atoms with Crippen molar-refractivity contribution in [2.24, 2.45) is 0 Å². The summed E-state index contributed by atoms with van der Waals surface area (Å²) in [5.74, 6) is -4.07. The summed E-state index contributed by atoms with van der Waals surface area (Å²) >= 11 is 0. The first-order valence-corrected chi connectivity index (χ1v) is 13.0. The smallest absolute Gasteiger partial charge is 0.340 e. The maximum Gasteiger partial charge on any atom is 0.340 e. The summed E-state index contributed by atoms with van der Waals surface area (Å²) in [5.41, 5.74) is -0.478. The molecule has 0 heterocycles. The summed E-state index contributed by atoms with van der Waals surface area (Å²) in [7, 11) is 0. The number of carboxylic acids is 1. The molecule has 0 aromatic heterocycles. The molecule has 1 atom stereocenters. The zero-order chi connectivity index (χ0) is 29.2. The van der Waals surface area contributed by atoms with Crippen LogP contribution >= 0.6 is 0 Å². The molecule has 1 unspecified atom stereocenters. The monoisotopic (exact) mass is 542 g/mol. The lowest BCUT2D eigenvalue weighted by molar-refractivity contribution is -0.179. The average molecular weight is 543 g/mol. The molecule has 39 heavy (non-hydrogen) atoms. The number of rotatable bonds is 14. The number of carbonyl (C=O) groups excluding carboxylic acids is 3.